The average molecular weight is 503 g/mol. The summed E-state index contributed by atoms with van der Waals surface area (Å²) in [6.45, 7) is 2.51. The third-order valence-corrected chi connectivity index (χ3v) is 10.5. The number of nitrogens with zero attached hydrogens (tertiary/aromatic N) is 2. The molecule has 0 saturated carbocycles. The van der Waals surface area contributed by atoms with E-state index in [1.54, 1.807) is 0 Å². The number of nitrogens with one attached hydrogen (secondary N) is 2. The molecular formula is C30H38N4OS. The number of amides is 1. The smallest absolute Gasteiger partial charge is 0.228 e. The summed E-state index contributed by atoms with van der Waals surface area (Å²) in [5.41, 5.74) is 4.23. The number of thioether (sulfide) groups is 1. The van der Waals surface area contributed by atoms with Gasteiger partial charge in [-0.25, -0.2) is 0 Å². The van der Waals surface area contributed by atoms with E-state index in [1.807, 2.05) is 11.8 Å². The van der Waals surface area contributed by atoms with Crippen molar-refractivity contribution in [3.63, 3.8) is 0 Å². The first kappa shape index (κ1) is 24.1. The molecule has 1 spiro atoms. The molecule has 2 fully saturated rings. The van der Waals surface area contributed by atoms with Gasteiger partial charge in [-0.2, -0.15) is 0 Å². The fourth-order valence-electron chi connectivity index (χ4n) is 6.99. The number of hydrogen-bond acceptors (Lipinski definition) is 5. The minimum atomic E-state index is -0.0788. The maximum Gasteiger partial charge on any atom is 0.228 e. The highest BCUT2D eigenvalue weighted by Crippen LogP contribution is 2.56. The molecule has 36 heavy (non-hydrogen) atoms. The van der Waals surface area contributed by atoms with E-state index in [1.165, 1.54) is 21.7 Å². The lowest BCUT2D eigenvalue weighted by atomic mass is 9.69. The number of fused-ring (bicyclic) bond motifs is 1. The van der Waals surface area contributed by atoms with E-state index in [-0.39, 0.29) is 22.9 Å². The Morgan fingerprint density at radius 3 is 2.50 bits per heavy atom. The third kappa shape index (κ3) is 4.17. The highest BCUT2D eigenvalue weighted by atomic mass is 32.2. The molecule has 1 unspecified atom stereocenters. The van der Waals surface area contributed by atoms with Crippen LogP contribution >= 0.6 is 11.8 Å². The molecular weight excluding hydrogens is 464 g/mol. The normalized spacial score (nSPS) is 32.1. The Kier molecular flexibility index (Phi) is 6.61. The van der Waals surface area contributed by atoms with Crippen LogP contribution in [0, 0.1) is 11.3 Å². The molecule has 0 radical (unpaired) electrons. The topological polar surface area (TPSA) is 47.6 Å². The van der Waals surface area contributed by atoms with Crippen molar-refractivity contribution >= 4 is 17.7 Å². The monoisotopic (exact) mass is 502 g/mol. The summed E-state index contributed by atoms with van der Waals surface area (Å²) in [4.78, 5) is 20.5. The molecule has 3 heterocycles. The molecule has 2 saturated heterocycles. The van der Waals surface area contributed by atoms with Crippen molar-refractivity contribution in [2.24, 2.45) is 11.3 Å². The quantitative estimate of drug-likeness (QED) is 0.622. The number of allylic oxidation sites excluding steroid dienone is 1. The Hall–Kier alpha value is -2.28. The predicted octanol–water partition coefficient (Wildman–Crippen LogP) is 4.92. The fourth-order valence-corrected chi connectivity index (χ4v) is 8.48. The fraction of sp³-hybridized carbons (Fsp3) is 0.500. The Morgan fingerprint density at radius 2 is 1.78 bits per heavy atom. The lowest BCUT2D eigenvalue weighted by molar-refractivity contribution is -0.142. The molecule has 2 aromatic rings. The summed E-state index contributed by atoms with van der Waals surface area (Å²) in [7, 11) is 4.26. The van der Waals surface area contributed by atoms with E-state index in [2.05, 4.69) is 95.2 Å². The molecule has 1 amide bonds. The molecule has 190 valence electrons. The van der Waals surface area contributed by atoms with Gasteiger partial charge in [0.25, 0.3) is 0 Å². The van der Waals surface area contributed by atoms with Crippen LogP contribution in [-0.4, -0.2) is 54.9 Å². The van der Waals surface area contributed by atoms with E-state index in [4.69, 9.17) is 0 Å². The van der Waals surface area contributed by atoms with Crippen LogP contribution in [0.25, 0.3) is 0 Å². The molecule has 3 aliphatic heterocycles. The average Bonchev–Trinajstić information content (AvgIpc) is 3.55. The van der Waals surface area contributed by atoms with Gasteiger partial charge in [-0.05, 0) is 63.2 Å². The van der Waals surface area contributed by atoms with Crippen LogP contribution in [0.3, 0.4) is 0 Å². The van der Waals surface area contributed by atoms with Gasteiger partial charge in [0.05, 0.1) is 12.0 Å². The molecule has 2 N–H and O–H groups in total. The van der Waals surface area contributed by atoms with Gasteiger partial charge < -0.3 is 15.5 Å². The summed E-state index contributed by atoms with van der Waals surface area (Å²) in [5.74, 6) is 0.830. The van der Waals surface area contributed by atoms with Crippen molar-refractivity contribution in [1.82, 2.24) is 20.4 Å². The van der Waals surface area contributed by atoms with Crippen LogP contribution in [0.1, 0.15) is 55.2 Å². The van der Waals surface area contributed by atoms with E-state index in [9.17, 15) is 4.79 Å². The van der Waals surface area contributed by atoms with Crippen LogP contribution in [0.15, 0.2) is 71.3 Å². The number of carbonyl (C=O) groups excluding carboxylic acids is 1. The summed E-state index contributed by atoms with van der Waals surface area (Å²) in [6.07, 6.45) is 5.36. The van der Waals surface area contributed by atoms with Gasteiger partial charge in [0, 0.05) is 35.7 Å². The molecule has 5 atom stereocenters. The van der Waals surface area contributed by atoms with Crippen molar-refractivity contribution in [1.29, 1.82) is 0 Å². The second-order valence-corrected chi connectivity index (χ2v) is 12.3. The molecule has 1 aliphatic carbocycles. The Labute approximate surface area is 219 Å². The molecule has 0 aromatic heterocycles. The highest BCUT2D eigenvalue weighted by Gasteiger charge is 2.55. The zero-order chi connectivity index (χ0) is 24.7. The first-order chi connectivity index (χ1) is 17.6. The number of hydrogen-bond donors (Lipinski definition) is 2. The first-order valence-electron chi connectivity index (χ1n) is 13.5. The molecule has 0 bridgehead atoms. The van der Waals surface area contributed by atoms with Gasteiger partial charge in [0.15, 0.2) is 0 Å². The summed E-state index contributed by atoms with van der Waals surface area (Å²) in [5, 5.41) is 7.42. The molecule has 5 nitrogen and oxygen atoms in total. The van der Waals surface area contributed by atoms with E-state index >= 15 is 0 Å². The van der Waals surface area contributed by atoms with Crippen molar-refractivity contribution < 1.29 is 4.79 Å². The molecule has 6 rings (SSSR count). The second kappa shape index (κ2) is 9.88. The third-order valence-electron chi connectivity index (χ3n) is 8.87. The highest BCUT2D eigenvalue weighted by molar-refractivity contribution is 8.03. The van der Waals surface area contributed by atoms with Crippen molar-refractivity contribution in [2.75, 3.05) is 33.7 Å². The number of carbonyl (C=O) groups is 1. The zero-order valence-corrected chi connectivity index (χ0v) is 22.3. The Morgan fingerprint density at radius 1 is 1.06 bits per heavy atom. The number of rotatable bonds is 4. The zero-order valence-electron chi connectivity index (χ0n) is 21.5. The first-order valence-corrected chi connectivity index (χ1v) is 14.4. The van der Waals surface area contributed by atoms with E-state index < -0.39 is 0 Å². The van der Waals surface area contributed by atoms with Crippen LogP contribution in [0.4, 0.5) is 0 Å². The SMILES string of the molecule is CN(C)C1NC2=C(S1)[C@]1(CCC2)CNC[C@H]1C(=O)N1CC[C@@H](c2ccccc2)C[C@H]1c1ccccc1. The number of benzene rings is 2. The van der Waals surface area contributed by atoms with Crippen LogP contribution in [-0.2, 0) is 4.79 Å². The van der Waals surface area contributed by atoms with E-state index in [0.717, 1.165) is 51.7 Å². The number of likely N-dealkylation sites (tertiary alicyclic amines) is 1. The largest absolute Gasteiger partial charge is 0.364 e. The molecule has 4 aliphatic rings. The second-order valence-electron chi connectivity index (χ2n) is 11.2. The van der Waals surface area contributed by atoms with Crippen molar-refractivity contribution in [2.45, 2.75) is 49.6 Å². The number of piperidine rings is 1. The lowest BCUT2D eigenvalue weighted by Crippen LogP contribution is -2.49. The van der Waals surface area contributed by atoms with Gasteiger partial charge >= 0.3 is 0 Å². The van der Waals surface area contributed by atoms with Gasteiger partial charge in [0.2, 0.25) is 5.91 Å². The van der Waals surface area contributed by atoms with Gasteiger partial charge in [-0.1, -0.05) is 72.4 Å². The van der Waals surface area contributed by atoms with Crippen LogP contribution < -0.4 is 10.6 Å². The standard InChI is InChI=1S/C30H38N4OS/c1-33(2)29-32-25-14-9-16-30(27(25)36-29)20-31-19-24(30)28(35)34-17-15-23(21-10-5-3-6-11-21)18-26(34)22-12-7-4-8-13-22/h3-8,10-13,23-24,26,29,31-32H,9,14-20H2,1-2H3/t23-,24+,26+,29?,30-/m1/s1. The maximum atomic E-state index is 14.5. The minimum Gasteiger partial charge on any atom is -0.364 e. The van der Waals surface area contributed by atoms with Crippen LogP contribution in [0.5, 0.6) is 0 Å². The van der Waals surface area contributed by atoms with Crippen molar-refractivity contribution in [3.05, 3.63) is 82.4 Å². The summed E-state index contributed by atoms with van der Waals surface area (Å²) in [6, 6.07) is 21.7. The predicted molar refractivity (Wildman–Crippen MR) is 147 cm³/mol. The Balaban J connectivity index is 1.30. The summed E-state index contributed by atoms with van der Waals surface area (Å²) >= 11 is 1.95. The summed E-state index contributed by atoms with van der Waals surface area (Å²) < 4.78 is 0. The Bertz CT molecular complexity index is 1120. The van der Waals surface area contributed by atoms with Gasteiger partial charge in [0.1, 0.15) is 5.50 Å². The van der Waals surface area contributed by atoms with Gasteiger partial charge in [-0.15, -0.1) is 0 Å². The minimum absolute atomic E-state index is 0.00232. The van der Waals surface area contributed by atoms with Crippen LogP contribution in [0.2, 0.25) is 0 Å². The van der Waals surface area contributed by atoms with E-state index in [0.29, 0.717) is 11.8 Å². The van der Waals surface area contributed by atoms with Gasteiger partial charge in [-0.3, -0.25) is 9.69 Å². The molecule has 6 heteroatoms. The lowest BCUT2D eigenvalue weighted by Gasteiger charge is -2.45. The van der Waals surface area contributed by atoms with Crippen molar-refractivity contribution in [3.8, 4) is 0 Å². The maximum absolute atomic E-state index is 14.5. The molecule has 2 aromatic carbocycles.